The first kappa shape index (κ1) is 19.9. The highest BCUT2D eigenvalue weighted by atomic mass is 16.7. The highest BCUT2D eigenvalue weighted by Crippen LogP contribution is 2.35. The summed E-state index contributed by atoms with van der Waals surface area (Å²) >= 11 is 0. The summed E-state index contributed by atoms with van der Waals surface area (Å²) in [7, 11) is 1.37. The van der Waals surface area contributed by atoms with Crippen molar-refractivity contribution in [3.8, 4) is 0 Å². The van der Waals surface area contributed by atoms with Crippen molar-refractivity contribution in [3.63, 3.8) is 0 Å². The van der Waals surface area contributed by atoms with Gasteiger partial charge in [-0.2, -0.15) is 0 Å². The number of hydrogen-bond donors (Lipinski definition) is 0. The predicted octanol–water partition coefficient (Wildman–Crippen LogP) is 4.25. The van der Waals surface area contributed by atoms with E-state index in [0.717, 1.165) is 12.8 Å². The van der Waals surface area contributed by atoms with Crippen molar-refractivity contribution in [1.29, 1.82) is 0 Å². The molecule has 0 aliphatic carbocycles. The molecule has 4 atom stereocenters. The number of ether oxygens (including phenoxy) is 3. The molecule has 0 aromatic carbocycles. The molecule has 0 N–H and O–H groups in total. The summed E-state index contributed by atoms with van der Waals surface area (Å²) in [6, 6.07) is 0. The fraction of sp³-hybridized carbons (Fsp3) is 0.737. The van der Waals surface area contributed by atoms with Crippen LogP contribution in [0.25, 0.3) is 0 Å². The van der Waals surface area contributed by atoms with Crippen LogP contribution in [0.15, 0.2) is 23.8 Å². The molecule has 1 saturated heterocycles. The maximum atomic E-state index is 11.3. The topological polar surface area (TPSA) is 44.8 Å². The van der Waals surface area contributed by atoms with Crippen LogP contribution < -0.4 is 0 Å². The molecule has 4 heteroatoms. The van der Waals surface area contributed by atoms with Gasteiger partial charge in [-0.3, -0.25) is 0 Å². The zero-order chi connectivity index (χ0) is 17.6. The van der Waals surface area contributed by atoms with Crippen LogP contribution in [-0.2, 0) is 19.0 Å². The Hall–Kier alpha value is -1.13. The van der Waals surface area contributed by atoms with E-state index in [1.165, 1.54) is 18.8 Å². The van der Waals surface area contributed by atoms with Gasteiger partial charge in [0.2, 0.25) is 0 Å². The molecule has 1 fully saturated rings. The third-order valence-corrected chi connectivity index (χ3v) is 4.28. The molecule has 0 aromatic rings. The first-order valence-electron chi connectivity index (χ1n) is 8.42. The summed E-state index contributed by atoms with van der Waals surface area (Å²) in [5.74, 6) is -0.0868. The van der Waals surface area contributed by atoms with Crippen LogP contribution in [0.1, 0.15) is 54.4 Å². The average molecular weight is 324 g/mol. The normalized spacial score (nSPS) is 27.2. The fourth-order valence-electron chi connectivity index (χ4n) is 3.17. The quantitative estimate of drug-likeness (QED) is 0.399. The van der Waals surface area contributed by atoms with E-state index in [2.05, 4.69) is 38.5 Å². The number of carbonyl (C=O) groups is 1. The Bertz CT molecular complexity index is 450. The smallest absolute Gasteiger partial charge is 0.330 e. The van der Waals surface area contributed by atoms with E-state index < -0.39 is 5.79 Å². The van der Waals surface area contributed by atoms with Crippen molar-refractivity contribution in [2.75, 3.05) is 7.11 Å². The SMILES string of the molecule is C/C=C(\C)C[C@H](C)C[C@H](C)[C@H]1OC(C)(C)O[C@@H]1/C=C\C(=O)OC. The Kier molecular flexibility index (Phi) is 7.49. The highest BCUT2D eigenvalue weighted by Gasteiger charge is 2.42. The predicted molar refractivity (Wildman–Crippen MR) is 92.0 cm³/mol. The van der Waals surface area contributed by atoms with Gasteiger partial charge < -0.3 is 14.2 Å². The Labute approximate surface area is 140 Å². The minimum absolute atomic E-state index is 0.0562. The molecule has 1 aliphatic rings. The fourth-order valence-corrected chi connectivity index (χ4v) is 3.17. The van der Waals surface area contributed by atoms with Crippen LogP contribution in [0.4, 0.5) is 0 Å². The number of carbonyl (C=O) groups excluding carboxylic acids is 1. The molecule has 23 heavy (non-hydrogen) atoms. The minimum atomic E-state index is -0.632. The molecule has 0 amide bonds. The summed E-state index contributed by atoms with van der Waals surface area (Å²) in [6.45, 7) is 12.5. The average Bonchev–Trinajstić information content (AvgIpc) is 2.79. The van der Waals surface area contributed by atoms with Gasteiger partial charge in [-0.05, 0) is 58.4 Å². The van der Waals surface area contributed by atoms with E-state index in [-0.39, 0.29) is 18.2 Å². The number of rotatable bonds is 7. The molecule has 132 valence electrons. The maximum absolute atomic E-state index is 11.3. The van der Waals surface area contributed by atoms with Gasteiger partial charge in [0.1, 0.15) is 6.10 Å². The Morgan fingerprint density at radius 1 is 1.30 bits per heavy atom. The highest BCUT2D eigenvalue weighted by molar-refractivity contribution is 5.81. The van der Waals surface area contributed by atoms with Crippen molar-refractivity contribution in [1.82, 2.24) is 0 Å². The molecule has 1 rings (SSSR count). The zero-order valence-electron chi connectivity index (χ0n) is 15.6. The Morgan fingerprint density at radius 3 is 2.52 bits per heavy atom. The molecular weight excluding hydrogens is 292 g/mol. The molecule has 0 spiro atoms. The van der Waals surface area contributed by atoms with Crippen molar-refractivity contribution < 1.29 is 19.0 Å². The van der Waals surface area contributed by atoms with Gasteiger partial charge >= 0.3 is 5.97 Å². The second-order valence-electron chi connectivity index (χ2n) is 7.10. The molecule has 0 unspecified atom stereocenters. The van der Waals surface area contributed by atoms with Gasteiger partial charge in [-0.1, -0.05) is 25.5 Å². The van der Waals surface area contributed by atoms with Crippen molar-refractivity contribution in [2.24, 2.45) is 11.8 Å². The molecule has 0 aromatic heterocycles. The molecular formula is C19H32O4. The van der Waals surface area contributed by atoms with Gasteiger partial charge in [0.15, 0.2) is 5.79 Å². The van der Waals surface area contributed by atoms with E-state index in [1.54, 1.807) is 6.08 Å². The standard InChI is InChI=1S/C19H32O4/c1-8-13(2)11-14(3)12-15(4)18-16(9-10-17(20)21-7)22-19(5,6)23-18/h8-10,14-16,18H,11-12H2,1-7H3/b10-9-,13-8+/t14-,15-,16+,18+/m0/s1. The first-order chi connectivity index (χ1) is 10.7. The lowest BCUT2D eigenvalue weighted by Gasteiger charge is -2.25. The second kappa shape index (κ2) is 8.65. The van der Waals surface area contributed by atoms with E-state index in [0.29, 0.717) is 11.8 Å². The lowest BCUT2D eigenvalue weighted by molar-refractivity contribution is -0.148. The van der Waals surface area contributed by atoms with Crippen LogP contribution in [0, 0.1) is 11.8 Å². The Balaban J connectivity index is 2.72. The third kappa shape index (κ3) is 6.48. The summed E-state index contributed by atoms with van der Waals surface area (Å²) in [5.41, 5.74) is 1.41. The summed E-state index contributed by atoms with van der Waals surface area (Å²) in [6.07, 6.45) is 7.21. The molecule has 4 nitrogen and oxygen atoms in total. The van der Waals surface area contributed by atoms with Gasteiger partial charge in [-0.15, -0.1) is 0 Å². The van der Waals surface area contributed by atoms with E-state index >= 15 is 0 Å². The van der Waals surface area contributed by atoms with Gasteiger partial charge in [0, 0.05) is 6.08 Å². The largest absolute Gasteiger partial charge is 0.466 e. The maximum Gasteiger partial charge on any atom is 0.330 e. The molecule has 0 saturated carbocycles. The number of hydrogen-bond acceptors (Lipinski definition) is 4. The zero-order valence-corrected chi connectivity index (χ0v) is 15.6. The van der Waals surface area contributed by atoms with E-state index in [4.69, 9.17) is 9.47 Å². The minimum Gasteiger partial charge on any atom is -0.466 e. The van der Waals surface area contributed by atoms with E-state index in [9.17, 15) is 4.79 Å². The molecule has 1 heterocycles. The molecule has 1 aliphatic heterocycles. The number of allylic oxidation sites excluding steroid dienone is 2. The van der Waals surface area contributed by atoms with Crippen LogP contribution in [-0.4, -0.2) is 31.1 Å². The van der Waals surface area contributed by atoms with Gasteiger partial charge in [-0.25, -0.2) is 4.79 Å². The number of esters is 1. The van der Waals surface area contributed by atoms with Crippen LogP contribution in [0.3, 0.4) is 0 Å². The lowest BCUT2D eigenvalue weighted by atomic mass is 9.87. The van der Waals surface area contributed by atoms with Gasteiger partial charge in [0.25, 0.3) is 0 Å². The van der Waals surface area contributed by atoms with E-state index in [1.807, 2.05) is 13.8 Å². The second-order valence-corrected chi connectivity index (χ2v) is 7.10. The lowest BCUT2D eigenvalue weighted by Crippen LogP contribution is -2.30. The van der Waals surface area contributed by atoms with Crippen molar-refractivity contribution in [3.05, 3.63) is 23.8 Å². The van der Waals surface area contributed by atoms with Crippen LogP contribution in [0.5, 0.6) is 0 Å². The molecule has 0 radical (unpaired) electrons. The summed E-state index contributed by atoms with van der Waals surface area (Å²) in [4.78, 5) is 11.3. The van der Waals surface area contributed by atoms with Crippen LogP contribution >= 0.6 is 0 Å². The Morgan fingerprint density at radius 2 is 1.96 bits per heavy atom. The van der Waals surface area contributed by atoms with Crippen molar-refractivity contribution in [2.45, 2.75) is 72.4 Å². The van der Waals surface area contributed by atoms with Crippen molar-refractivity contribution >= 4 is 5.97 Å². The monoisotopic (exact) mass is 324 g/mol. The molecule has 0 bridgehead atoms. The first-order valence-corrected chi connectivity index (χ1v) is 8.42. The summed E-state index contributed by atoms with van der Waals surface area (Å²) < 4.78 is 16.7. The summed E-state index contributed by atoms with van der Waals surface area (Å²) in [5, 5.41) is 0. The van der Waals surface area contributed by atoms with Gasteiger partial charge in [0.05, 0.1) is 13.2 Å². The number of methoxy groups -OCH3 is 1. The van der Waals surface area contributed by atoms with Crippen LogP contribution in [0.2, 0.25) is 0 Å². The third-order valence-electron chi connectivity index (χ3n) is 4.28.